The molecular formula is C23H28N6. The molecule has 0 aliphatic heterocycles. The van der Waals surface area contributed by atoms with Gasteiger partial charge in [0, 0.05) is 26.0 Å². The highest BCUT2D eigenvalue weighted by Gasteiger charge is 2.01. The maximum atomic E-state index is 8.76. The van der Waals surface area contributed by atoms with Crippen LogP contribution in [0.5, 0.6) is 0 Å². The number of nitrogens with zero attached hydrogens (tertiary/aromatic N) is 3. The summed E-state index contributed by atoms with van der Waals surface area (Å²) in [5.41, 5.74) is 1.95. The summed E-state index contributed by atoms with van der Waals surface area (Å²) in [6, 6.07) is 21.9. The number of nitriles is 1. The number of nitrogens with one attached hydrogen (secondary N) is 3. The average molecular weight is 389 g/mol. The molecule has 2 aromatic carbocycles. The van der Waals surface area contributed by atoms with Gasteiger partial charge in [-0.15, -0.1) is 0 Å². The largest absolute Gasteiger partial charge is 0.370 e. The quantitative estimate of drug-likeness (QED) is 0.485. The molecule has 0 atom stereocenters. The molecule has 6 nitrogen and oxygen atoms in total. The minimum atomic E-state index is 0.706. The summed E-state index contributed by atoms with van der Waals surface area (Å²) in [5, 5.41) is 18.5. The predicted octanol–water partition coefficient (Wildman–Crippen LogP) is 3.71. The fraction of sp³-hybridized carbons (Fsp3) is 0.261. The van der Waals surface area contributed by atoms with Crippen LogP contribution in [0.25, 0.3) is 0 Å². The molecule has 150 valence electrons. The van der Waals surface area contributed by atoms with Crippen LogP contribution in [0.1, 0.15) is 17.5 Å². The highest BCUT2D eigenvalue weighted by atomic mass is 15.1. The van der Waals surface area contributed by atoms with Crippen molar-refractivity contribution in [2.75, 3.05) is 37.3 Å². The topological polar surface area (TPSA) is 85.7 Å². The van der Waals surface area contributed by atoms with Gasteiger partial charge in [0.1, 0.15) is 0 Å². The molecule has 0 radical (unpaired) electrons. The van der Waals surface area contributed by atoms with Crippen LogP contribution in [0.4, 0.5) is 11.6 Å². The molecule has 0 amide bonds. The molecule has 0 unspecified atom stereocenters. The standard InChI is InChI=1S/C17H22N6.C6H6/c1-19-16-17(23-12-11-22-16)21-9-2-8-20-10-7-14-3-5-15(13-18)6-4-14;1-2-4-6-5-3-1/h3-6,11-12,20H,2,7-10H2,1H3,(H,19,22)(H,21,23);1-6H. The first kappa shape index (κ1) is 21.9. The Morgan fingerprint density at radius 2 is 1.45 bits per heavy atom. The molecule has 0 bridgehead atoms. The lowest BCUT2D eigenvalue weighted by atomic mass is 10.1. The van der Waals surface area contributed by atoms with E-state index in [1.165, 1.54) is 5.56 Å². The minimum absolute atomic E-state index is 0.706. The van der Waals surface area contributed by atoms with Crippen molar-refractivity contribution in [2.45, 2.75) is 12.8 Å². The monoisotopic (exact) mass is 388 g/mol. The Morgan fingerprint density at radius 3 is 2.03 bits per heavy atom. The molecule has 6 heteroatoms. The Hall–Kier alpha value is -3.43. The molecule has 0 saturated heterocycles. The Balaban J connectivity index is 0.000000426. The third kappa shape index (κ3) is 8.87. The lowest BCUT2D eigenvalue weighted by Gasteiger charge is -2.09. The van der Waals surface area contributed by atoms with Gasteiger partial charge in [-0.1, -0.05) is 48.5 Å². The molecule has 1 heterocycles. The molecule has 3 N–H and O–H groups in total. The van der Waals surface area contributed by atoms with Crippen molar-refractivity contribution >= 4 is 11.6 Å². The zero-order valence-electron chi connectivity index (χ0n) is 16.8. The zero-order valence-corrected chi connectivity index (χ0v) is 16.8. The van der Waals surface area contributed by atoms with E-state index < -0.39 is 0 Å². The van der Waals surface area contributed by atoms with Crippen molar-refractivity contribution in [3.8, 4) is 6.07 Å². The first-order valence-corrected chi connectivity index (χ1v) is 9.76. The van der Waals surface area contributed by atoms with Crippen molar-refractivity contribution in [1.82, 2.24) is 15.3 Å². The van der Waals surface area contributed by atoms with E-state index in [2.05, 4.69) is 32.0 Å². The highest BCUT2D eigenvalue weighted by molar-refractivity contribution is 5.57. The second-order valence-electron chi connectivity index (χ2n) is 6.25. The van der Waals surface area contributed by atoms with Crippen molar-refractivity contribution in [2.24, 2.45) is 0 Å². The van der Waals surface area contributed by atoms with Crippen molar-refractivity contribution in [3.05, 3.63) is 84.2 Å². The van der Waals surface area contributed by atoms with E-state index in [0.29, 0.717) is 5.56 Å². The van der Waals surface area contributed by atoms with Gasteiger partial charge in [-0.05, 0) is 43.6 Å². The molecule has 3 aromatic rings. The molecule has 0 aliphatic carbocycles. The maximum absolute atomic E-state index is 8.76. The second-order valence-corrected chi connectivity index (χ2v) is 6.25. The van der Waals surface area contributed by atoms with Crippen LogP contribution in [-0.2, 0) is 6.42 Å². The maximum Gasteiger partial charge on any atom is 0.169 e. The molecule has 1 aromatic heterocycles. The fourth-order valence-corrected chi connectivity index (χ4v) is 2.56. The van der Waals surface area contributed by atoms with Gasteiger partial charge in [0.2, 0.25) is 0 Å². The molecule has 0 fully saturated rings. The second kappa shape index (κ2) is 13.7. The van der Waals surface area contributed by atoms with E-state index in [1.807, 2.05) is 67.7 Å². The van der Waals surface area contributed by atoms with Crippen molar-refractivity contribution in [1.29, 1.82) is 5.26 Å². The third-order valence-corrected chi connectivity index (χ3v) is 4.10. The summed E-state index contributed by atoms with van der Waals surface area (Å²) in [6.07, 6.45) is 5.32. The van der Waals surface area contributed by atoms with Crippen LogP contribution >= 0.6 is 0 Å². The van der Waals surface area contributed by atoms with Crippen LogP contribution in [0.2, 0.25) is 0 Å². The van der Waals surface area contributed by atoms with Gasteiger partial charge in [-0.25, -0.2) is 9.97 Å². The molecule has 3 rings (SSSR count). The summed E-state index contributed by atoms with van der Waals surface area (Å²) in [7, 11) is 1.83. The van der Waals surface area contributed by atoms with Gasteiger partial charge < -0.3 is 16.0 Å². The number of benzene rings is 2. The van der Waals surface area contributed by atoms with Crippen molar-refractivity contribution < 1.29 is 0 Å². The molecule has 0 aliphatic rings. The number of rotatable bonds is 9. The van der Waals surface area contributed by atoms with E-state index in [0.717, 1.165) is 44.1 Å². The number of aromatic nitrogens is 2. The fourth-order valence-electron chi connectivity index (χ4n) is 2.56. The van der Waals surface area contributed by atoms with E-state index in [-0.39, 0.29) is 0 Å². The smallest absolute Gasteiger partial charge is 0.169 e. The predicted molar refractivity (Wildman–Crippen MR) is 119 cm³/mol. The SMILES string of the molecule is CNc1nccnc1NCCCNCCc1ccc(C#N)cc1.c1ccccc1. The number of hydrogen-bond donors (Lipinski definition) is 3. The first-order valence-electron chi connectivity index (χ1n) is 9.76. The van der Waals surface area contributed by atoms with Gasteiger partial charge >= 0.3 is 0 Å². The van der Waals surface area contributed by atoms with Crippen LogP contribution in [0, 0.1) is 11.3 Å². The van der Waals surface area contributed by atoms with Crippen LogP contribution < -0.4 is 16.0 Å². The minimum Gasteiger partial charge on any atom is -0.370 e. The Morgan fingerprint density at radius 1 is 0.828 bits per heavy atom. The van der Waals surface area contributed by atoms with Gasteiger partial charge in [0.05, 0.1) is 11.6 Å². The Kier molecular flexibility index (Phi) is 10.3. The molecular weight excluding hydrogens is 360 g/mol. The summed E-state index contributed by atoms with van der Waals surface area (Å²) in [4.78, 5) is 8.46. The normalized spacial score (nSPS) is 9.66. The van der Waals surface area contributed by atoms with E-state index in [4.69, 9.17) is 5.26 Å². The Bertz CT molecular complexity index is 817. The summed E-state index contributed by atoms with van der Waals surface area (Å²) < 4.78 is 0. The lowest BCUT2D eigenvalue weighted by molar-refractivity contribution is 0.660. The Labute approximate surface area is 173 Å². The van der Waals surface area contributed by atoms with E-state index >= 15 is 0 Å². The number of hydrogen-bond acceptors (Lipinski definition) is 6. The summed E-state index contributed by atoms with van der Waals surface area (Å²) in [6.45, 7) is 2.72. The van der Waals surface area contributed by atoms with Crippen LogP contribution in [0.3, 0.4) is 0 Å². The lowest BCUT2D eigenvalue weighted by Crippen LogP contribution is -2.21. The first-order chi connectivity index (χ1) is 14.3. The molecule has 0 spiro atoms. The number of anilines is 2. The highest BCUT2D eigenvalue weighted by Crippen LogP contribution is 2.12. The molecule has 0 saturated carbocycles. The van der Waals surface area contributed by atoms with Crippen LogP contribution in [0.15, 0.2) is 73.1 Å². The van der Waals surface area contributed by atoms with Gasteiger partial charge in [-0.2, -0.15) is 5.26 Å². The average Bonchev–Trinajstić information content (AvgIpc) is 2.80. The summed E-state index contributed by atoms with van der Waals surface area (Å²) >= 11 is 0. The van der Waals surface area contributed by atoms with Gasteiger partial charge in [0.25, 0.3) is 0 Å². The zero-order chi connectivity index (χ0) is 20.6. The van der Waals surface area contributed by atoms with E-state index in [9.17, 15) is 0 Å². The third-order valence-electron chi connectivity index (χ3n) is 4.10. The van der Waals surface area contributed by atoms with Crippen molar-refractivity contribution in [3.63, 3.8) is 0 Å². The summed E-state index contributed by atoms with van der Waals surface area (Å²) in [5.74, 6) is 1.55. The molecule has 29 heavy (non-hydrogen) atoms. The van der Waals surface area contributed by atoms with Crippen LogP contribution in [-0.4, -0.2) is 36.6 Å². The van der Waals surface area contributed by atoms with E-state index in [1.54, 1.807) is 12.4 Å². The van der Waals surface area contributed by atoms with Gasteiger partial charge in [-0.3, -0.25) is 0 Å². The van der Waals surface area contributed by atoms with Gasteiger partial charge in [0.15, 0.2) is 11.6 Å².